The summed E-state index contributed by atoms with van der Waals surface area (Å²) >= 11 is 5.63. The Labute approximate surface area is 156 Å². The van der Waals surface area contributed by atoms with Crippen molar-refractivity contribution in [1.29, 1.82) is 0 Å². The van der Waals surface area contributed by atoms with Crippen LogP contribution in [0, 0.1) is 6.92 Å². The zero-order chi connectivity index (χ0) is 19.6. The molecular formula is C17H12ClF3N4O2. The monoisotopic (exact) mass is 396 g/mol. The Morgan fingerprint density at radius 1 is 1.19 bits per heavy atom. The highest BCUT2D eigenvalue weighted by Gasteiger charge is 2.34. The number of anilines is 3. The van der Waals surface area contributed by atoms with Gasteiger partial charge in [0.1, 0.15) is 5.76 Å². The Morgan fingerprint density at radius 3 is 2.63 bits per heavy atom. The summed E-state index contributed by atoms with van der Waals surface area (Å²) in [5, 5.41) is 8.78. The van der Waals surface area contributed by atoms with Crippen molar-refractivity contribution in [3.05, 3.63) is 64.6 Å². The van der Waals surface area contributed by atoms with Crippen molar-refractivity contribution in [2.24, 2.45) is 0 Å². The van der Waals surface area contributed by atoms with E-state index in [1.165, 1.54) is 24.5 Å². The molecule has 0 aliphatic heterocycles. The van der Waals surface area contributed by atoms with E-state index in [2.05, 4.69) is 20.8 Å². The lowest BCUT2D eigenvalue weighted by Gasteiger charge is -2.14. The van der Waals surface area contributed by atoms with Gasteiger partial charge >= 0.3 is 6.18 Å². The number of benzene rings is 1. The van der Waals surface area contributed by atoms with E-state index in [1.807, 2.05) is 0 Å². The standard InChI is InChI=1S/C17H12ClF3N4O2/c1-9-4-15(25-27-9)23-12-5-10(7-22-8-12)16(26)24-14-3-2-11(18)6-13(14)17(19,20)21/h2-8H,1H3,(H,23,25)(H,24,26). The minimum atomic E-state index is -4.67. The minimum Gasteiger partial charge on any atom is -0.360 e. The molecule has 140 valence electrons. The van der Waals surface area contributed by atoms with Gasteiger partial charge < -0.3 is 15.2 Å². The molecule has 0 atom stereocenters. The van der Waals surface area contributed by atoms with Crippen molar-refractivity contribution in [2.75, 3.05) is 10.6 Å². The molecule has 0 aliphatic rings. The molecule has 0 unspecified atom stereocenters. The fraction of sp³-hybridized carbons (Fsp3) is 0.118. The van der Waals surface area contributed by atoms with Gasteiger partial charge in [0, 0.05) is 17.3 Å². The Bertz CT molecular complexity index is 988. The van der Waals surface area contributed by atoms with E-state index < -0.39 is 23.3 Å². The van der Waals surface area contributed by atoms with E-state index in [0.717, 1.165) is 12.1 Å². The molecule has 27 heavy (non-hydrogen) atoms. The predicted octanol–water partition coefficient (Wildman–Crippen LogP) is 5.05. The van der Waals surface area contributed by atoms with Gasteiger partial charge in [-0.05, 0) is 31.2 Å². The van der Waals surface area contributed by atoms with Gasteiger partial charge in [0.15, 0.2) is 5.82 Å². The molecule has 0 fully saturated rings. The van der Waals surface area contributed by atoms with Crippen LogP contribution in [-0.4, -0.2) is 16.0 Å². The second-order valence-electron chi connectivity index (χ2n) is 5.55. The summed E-state index contributed by atoms with van der Waals surface area (Å²) < 4.78 is 44.3. The average molecular weight is 397 g/mol. The SMILES string of the molecule is Cc1cc(Nc2cncc(C(=O)Nc3ccc(Cl)cc3C(F)(F)F)c2)no1. The van der Waals surface area contributed by atoms with Crippen LogP contribution < -0.4 is 10.6 Å². The summed E-state index contributed by atoms with van der Waals surface area (Å²) in [5.41, 5.74) is -0.961. The van der Waals surface area contributed by atoms with Crippen molar-refractivity contribution in [3.63, 3.8) is 0 Å². The number of pyridine rings is 1. The van der Waals surface area contributed by atoms with E-state index >= 15 is 0 Å². The fourth-order valence-electron chi connectivity index (χ4n) is 2.26. The molecule has 10 heteroatoms. The molecule has 1 aromatic carbocycles. The number of alkyl halides is 3. The molecule has 0 saturated carbocycles. The Kier molecular flexibility index (Phi) is 5.04. The summed E-state index contributed by atoms with van der Waals surface area (Å²) in [6, 6.07) is 6.16. The van der Waals surface area contributed by atoms with Crippen LogP contribution in [0.1, 0.15) is 21.7 Å². The molecular weight excluding hydrogens is 385 g/mol. The molecule has 0 bridgehead atoms. The zero-order valence-electron chi connectivity index (χ0n) is 13.8. The lowest BCUT2D eigenvalue weighted by atomic mass is 10.1. The molecule has 2 N–H and O–H groups in total. The number of halogens is 4. The number of rotatable bonds is 4. The third-order valence-corrected chi connectivity index (χ3v) is 3.67. The van der Waals surface area contributed by atoms with Gasteiger partial charge in [-0.2, -0.15) is 13.2 Å². The van der Waals surface area contributed by atoms with Gasteiger partial charge in [0.25, 0.3) is 5.91 Å². The summed E-state index contributed by atoms with van der Waals surface area (Å²) in [5.74, 6) is 0.237. The van der Waals surface area contributed by atoms with Crippen LogP contribution in [0.5, 0.6) is 0 Å². The van der Waals surface area contributed by atoms with Crippen molar-refractivity contribution in [3.8, 4) is 0 Å². The first-order valence-electron chi connectivity index (χ1n) is 7.56. The summed E-state index contributed by atoms with van der Waals surface area (Å²) in [7, 11) is 0. The van der Waals surface area contributed by atoms with E-state index in [1.54, 1.807) is 13.0 Å². The normalized spacial score (nSPS) is 11.3. The molecule has 0 radical (unpaired) electrons. The molecule has 0 aliphatic carbocycles. The Morgan fingerprint density at radius 2 is 1.96 bits per heavy atom. The first kappa shape index (κ1) is 18.7. The third kappa shape index (κ3) is 4.56. The molecule has 2 aromatic heterocycles. The first-order valence-corrected chi connectivity index (χ1v) is 7.93. The van der Waals surface area contributed by atoms with Crippen LogP contribution in [0.15, 0.2) is 47.2 Å². The predicted molar refractivity (Wildman–Crippen MR) is 93.2 cm³/mol. The van der Waals surface area contributed by atoms with Crippen LogP contribution >= 0.6 is 11.6 Å². The molecule has 0 saturated heterocycles. The lowest BCUT2D eigenvalue weighted by Crippen LogP contribution is -2.17. The molecule has 1 amide bonds. The molecule has 3 aromatic rings. The van der Waals surface area contributed by atoms with Crippen LogP contribution in [0.4, 0.5) is 30.4 Å². The number of carbonyl (C=O) groups is 1. The van der Waals surface area contributed by atoms with Crippen molar-refractivity contribution >= 4 is 34.7 Å². The van der Waals surface area contributed by atoms with Crippen molar-refractivity contribution in [1.82, 2.24) is 10.1 Å². The number of aryl methyl sites for hydroxylation is 1. The van der Waals surface area contributed by atoms with Crippen LogP contribution in [0.25, 0.3) is 0 Å². The van der Waals surface area contributed by atoms with Crippen molar-refractivity contribution < 1.29 is 22.5 Å². The second-order valence-corrected chi connectivity index (χ2v) is 5.99. The van der Waals surface area contributed by atoms with Gasteiger partial charge in [0.05, 0.1) is 28.7 Å². The number of amides is 1. The van der Waals surface area contributed by atoms with Gasteiger partial charge in [-0.15, -0.1) is 0 Å². The number of hydrogen-bond donors (Lipinski definition) is 2. The fourth-order valence-corrected chi connectivity index (χ4v) is 2.43. The highest BCUT2D eigenvalue weighted by atomic mass is 35.5. The zero-order valence-corrected chi connectivity index (χ0v) is 14.5. The minimum absolute atomic E-state index is 0.0586. The van der Waals surface area contributed by atoms with Crippen LogP contribution in [-0.2, 0) is 6.18 Å². The topological polar surface area (TPSA) is 80.0 Å². The molecule has 6 nitrogen and oxygen atoms in total. The molecule has 3 rings (SSSR count). The van der Waals surface area contributed by atoms with E-state index in [9.17, 15) is 18.0 Å². The average Bonchev–Trinajstić information content (AvgIpc) is 3.00. The second kappa shape index (κ2) is 7.28. The maximum Gasteiger partial charge on any atom is 0.418 e. The first-order chi connectivity index (χ1) is 12.7. The molecule has 2 heterocycles. The van der Waals surface area contributed by atoms with Gasteiger partial charge in [-0.3, -0.25) is 9.78 Å². The summed E-state index contributed by atoms with van der Waals surface area (Å²) in [4.78, 5) is 16.3. The number of carbonyl (C=O) groups excluding carboxylic acids is 1. The van der Waals surface area contributed by atoms with E-state index in [-0.39, 0.29) is 10.6 Å². The smallest absolute Gasteiger partial charge is 0.360 e. The number of nitrogens with one attached hydrogen (secondary N) is 2. The number of nitrogens with zero attached hydrogens (tertiary/aromatic N) is 2. The highest BCUT2D eigenvalue weighted by molar-refractivity contribution is 6.30. The summed E-state index contributed by atoms with van der Waals surface area (Å²) in [6.07, 6.45) is -2.00. The number of hydrogen-bond acceptors (Lipinski definition) is 5. The third-order valence-electron chi connectivity index (χ3n) is 3.44. The maximum atomic E-state index is 13.1. The maximum absolute atomic E-state index is 13.1. The van der Waals surface area contributed by atoms with Crippen molar-refractivity contribution in [2.45, 2.75) is 13.1 Å². The van der Waals surface area contributed by atoms with Crippen LogP contribution in [0.2, 0.25) is 5.02 Å². The molecule has 0 spiro atoms. The quantitative estimate of drug-likeness (QED) is 0.645. The van der Waals surface area contributed by atoms with Gasteiger partial charge in [-0.1, -0.05) is 16.8 Å². The lowest BCUT2D eigenvalue weighted by molar-refractivity contribution is -0.136. The Hall–Kier alpha value is -3.07. The van der Waals surface area contributed by atoms with Crippen LogP contribution in [0.3, 0.4) is 0 Å². The summed E-state index contributed by atoms with van der Waals surface area (Å²) in [6.45, 7) is 1.71. The van der Waals surface area contributed by atoms with E-state index in [0.29, 0.717) is 17.3 Å². The Balaban J connectivity index is 1.82. The van der Waals surface area contributed by atoms with Gasteiger partial charge in [0.2, 0.25) is 0 Å². The number of aromatic nitrogens is 2. The van der Waals surface area contributed by atoms with Gasteiger partial charge in [-0.25, -0.2) is 0 Å². The largest absolute Gasteiger partial charge is 0.418 e. The highest BCUT2D eigenvalue weighted by Crippen LogP contribution is 2.36. The van der Waals surface area contributed by atoms with E-state index in [4.69, 9.17) is 16.1 Å².